The number of halogens is 1. The predicted octanol–water partition coefficient (Wildman–Crippen LogP) is 2.47. The highest BCUT2D eigenvalue weighted by Gasteiger charge is 2.13. The lowest BCUT2D eigenvalue weighted by atomic mass is 10.2. The van der Waals surface area contributed by atoms with E-state index < -0.39 is 0 Å². The van der Waals surface area contributed by atoms with E-state index in [2.05, 4.69) is 4.98 Å². The second kappa shape index (κ2) is 5.75. The topological polar surface area (TPSA) is 53.4 Å². The molecule has 0 radical (unpaired) electrons. The van der Waals surface area contributed by atoms with Crippen molar-refractivity contribution in [1.82, 2.24) is 9.55 Å². The van der Waals surface area contributed by atoms with Crippen molar-refractivity contribution < 1.29 is 14.3 Å². The molecular formula is C13H13ClN2O3. The molecule has 6 heteroatoms. The number of benzene rings is 1. The van der Waals surface area contributed by atoms with Gasteiger partial charge < -0.3 is 14.0 Å². The van der Waals surface area contributed by atoms with E-state index >= 15 is 0 Å². The molecule has 0 aliphatic heterocycles. The summed E-state index contributed by atoms with van der Waals surface area (Å²) < 4.78 is 12.6. The summed E-state index contributed by atoms with van der Waals surface area (Å²) >= 11 is 5.89. The maximum absolute atomic E-state index is 11.1. The summed E-state index contributed by atoms with van der Waals surface area (Å²) in [5.74, 6) is 1.53. The van der Waals surface area contributed by atoms with Crippen LogP contribution in [0.4, 0.5) is 0 Å². The lowest BCUT2D eigenvalue weighted by Crippen LogP contribution is -2.05. The van der Waals surface area contributed by atoms with Crippen LogP contribution in [0, 0.1) is 0 Å². The van der Waals surface area contributed by atoms with Crippen molar-refractivity contribution in [2.24, 2.45) is 7.05 Å². The van der Waals surface area contributed by atoms with E-state index in [-0.39, 0.29) is 6.61 Å². The average molecular weight is 281 g/mol. The third-order valence-corrected chi connectivity index (χ3v) is 2.88. The fraction of sp³-hybridized carbons (Fsp3) is 0.231. The number of hydrogen-bond donors (Lipinski definition) is 0. The highest BCUT2D eigenvalue weighted by atomic mass is 35.5. The van der Waals surface area contributed by atoms with Crippen LogP contribution in [-0.2, 0) is 13.7 Å². The van der Waals surface area contributed by atoms with Gasteiger partial charge in [-0.3, -0.25) is 4.79 Å². The van der Waals surface area contributed by atoms with Gasteiger partial charge in [0.1, 0.15) is 12.4 Å². The summed E-state index contributed by atoms with van der Waals surface area (Å²) in [6.07, 6.45) is 4.18. The zero-order valence-corrected chi connectivity index (χ0v) is 11.3. The van der Waals surface area contributed by atoms with E-state index in [1.165, 1.54) is 13.2 Å². The number of nitrogens with zero attached hydrogens (tertiary/aromatic N) is 2. The Kier molecular flexibility index (Phi) is 4.06. The minimum Gasteiger partial charge on any atom is -0.493 e. The van der Waals surface area contributed by atoms with Gasteiger partial charge in [-0.25, -0.2) is 4.98 Å². The molecule has 0 spiro atoms. The molecule has 1 heterocycles. The van der Waals surface area contributed by atoms with Gasteiger partial charge in [-0.2, -0.15) is 0 Å². The maximum atomic E-state index is 11.1. The summed E-state index contributed by atoms with van der Waals surface area (Å²) in [5, 5.41) is 0.420. The summed E-state index contributed by atoms with van der Waals surface area (Å²) in [7, 11) is 3.36. The van der Waals surface area contributed by atoms with Gasteiger partial charge in [0, 0.05) is 30.5 Å². The lowest BCUT2D eigenvalue weighted by molar-refractivity contribution is 0.111. The summed E-state index contributed by atoms with van der Waals surface area (Å²) in [6, 6.07) is 3.13. The Balaban J connectivity index is 2.28. The van der Waals surface area contributed by atoms with Gasteiger partial charge in [0.15, 0.2) is 17.8 Å². The molecule has 0 aliphatic rings. The minimum absolute atomic E-state index is 0.238. The second-order valence-corrected chi connectivity index (χ2v) is 4.32. The van der Waals surface area contributed by atoms with Crippen LogP contribution < -0.4 is 9.47 Å². The molecule has 0 fully saturated rings. The molecule has 100 valence electrons. The van der Waals surface area contributed by atoms with E-state index in [0.29, 0.717) is 28.4 Å². The average Bonchev–Trinajstić information content (AvgIpc) is 2.81. The second-order valence-electron chi connectivity index (χ2n) is 3.89. The van der Waals surface area contributed by atoms with Crippen LogP contribution in [-0.4, -0.2) is 22.9 Å². The van der Waals surface area contributed by atoms with Gasteiger partial charge in [0.05, 0.1) is 12.7 Å². The Labute approximate surface area is 115 Å². The van der Waals surface area contributed by atoms with Gasteiger partial charge >= 0.3 is 0 Å². The number of imidazole rings is 1. The summed E-state index contributed by atoms with van der Waals surface area (Å²) in [5.41, 5.74) is 0.346. The van der Waals surface area contributed by atoms with Crippen LogP contribution in [0.3, 0.4) is 0 Å². The highest BCUT2D eigenvalue weighted by Crippen LogP contribution is 2.34. The molecule has 0 saturated heterocycles. The van der Waals surface area contributed by atoms with Crippen LogP contribution in [0.15, 0.2) is 24.5 Å². The molecule has 0 N–H and O–H groups in total. The number of rotatable bonds is 5. The van der Waals surface area contributed by atoms with E-state index in [9.17, 15) is 4.79 Å². The number of ether oxygens (including phenoxy) is 2. The number of methoxy groups -OCH3 is 1. The number of carbonyl (C=O) groups is 1. The number of carbonyl (C=O) groups excluding carboxylic acids is 1. The van der Waals surface area contributed by atoms with Gasteiger partial charge in [0.2, 0.25) is 0 Å². The number of hydrogen-bond acceptors (Lipinski definition) is 4. The Morgan fingerprint density at radius 3 is 2.84 bits per heavy atom. The first-order valence-electron chi connectivity index (χ1n) is 5.57. The first kappa shape index (κ1) is 13.4. The van der Waals surface area contributed by atoms with Crippen LogP contribution in [0.1, 0.15) is 16.2 Å². The Morgan fingerprint density at radius 2 is 2.26 bits per heavy atom. The molecule has 2 aromatic rings. The molecular weight excluding hydrogens is 268 g/mol. The molecule has 0 saturated carbocycles. The molecule has 0 atom stereocenters. The fourth-order valence-electron chi connectivity index (χ4n) is 1.65. The molecule has 0 aliphatic carbocycles. The first-order valence-corrected chi connectivity index (χ1v) is 5.95. The van der Waals surface area contributed by atoms with Gasteiger partial charge in [-0.15, -0.1) is 0 Å². The van der Waals surface area contributed by atoms with Crippen molar-refractivity contribution in [1.29, 1.82) is 0 Å². The quantitative estimate of drug-likeness (QED) is 0.790. The molecule has 0 amide bonds. The normalized spacial score (nSPS) is 10.3. The van der Waals surface area contributed by atoms with E-state index in [1.807, 2.05) is 17.8 Å². The Hall–Kier alpha value is -2.01. The molecule has 0 unspecified atom stereocenters. The van der Waals surface area contributed by atoms with Crippen molar-refractivity contribution in [3.63, 3.8) is 0 Å². The van der Waals surface area contributed by atoms with Gasteiger partial charge in [-0.05, 0) is 6.07 Å². The Morgan fingerprint density at radius 1 is 1.47 bits per heavy atom. The van der Waals surface area contributed by atoms with Crippen molar-refractivity contribution in [3.05, 3.63) is 40.9 Å². The van der Waals surface area contributed by atoms with Crippen molar-refractivity contribution in [3.8, 4) is 11.5 Å². The fourth-order valence-corrected chi connectivity index (χ4v) is 1.87. The van der Waals surface area contributed by atoms with Crippen molar-refractivity contribution in [2.75, 3.05) is 7.11 Å². The van der Waals surface area contributed by atoms with Crippen molar-refractivity contribution >= 4 is 17.9 Å². The number of aldehydes is 1. The molecule has 2 rings (SSSR count). The smallest absolute Gasteiger partial charge is 0.172 e. The third-order valence-electron chi connectivity index (χ3n) is 2.66. The maximum Gasteiger partial charge on any atom is 0.172 e. The van der Waals surface area contributed by atoms with Crippen LogP contribution in [0.5, 0.6) is 11.5 Å². The van der Waals surface area contributed by atoms with Crippen molar-refractivity contribution in [2.45, 2.75) is 6.61 Å². The van der Waals surface area contributed by atoms with Crippen LogP contribution in [0.25, 0.3) is 0 Å². The molecule has 0 bridgehead atoms. The summed E-state index contributed by atoms with van der Waals surface area (Å²) in [4.78, 5) is 15.2. The number of aryl methyl sites for hydroxylation is 1. The zero-order valence-electron chi connectivity index (χ0n) is 10.6. The monoisotopic (exact) mass is 280 g/mol. The van der Waals surface area contributed by atoms with Gasteiger partial charge in [-0.1, -0.05) is 11.6 Å². The van der Waals surface area contributed by atoms with E-state index in [4.69, 9.17) is 21.1 Å². The molecule has 1 aromatic heterocycles. The minimum atomic E-state index is 0.238. The van der Waals surface area contributed by atoms with E-state index in [1.54, 1.807) is 12.3 Å². The lowest BCUT2D eigenvalue weighted by Gasteiger charge is -2.13. The van der Waals surface area contributed by atoms with E-state index in [0.717, 1.165) is 5.82 Å². The molecule has 1 aromatic carbocycles. The summed E-state index contributed by atoms with van der Waals surface area (Å²) in [6.45, 7) is 0.238. The van der Waals surface area contributed by atoms with Crippen LogP contribution in [0.2, 0.25) is 5.02 Å². The largest absolute Gasteiger partial charge is 0.493 e. The van der Waals surface area contributed by atoms with Crippen LogP contribution >= 0.6 is 11.6 Å². The number of aromatic nitrogens is 2. The molecule has 19 heavy (non-hydrogen) atoms. The molecule has 5 nitrogen and oxygen atoms in total. The zero-order chi connectivity index (χ0) is 13.8. The Bertz CT molecular complexity index is 596. The first-order chi connectivity index (χ1) is 9.15. The predicted molar refractivity (Wildman–Crippen MR) is 70.9 cm³/mol. The SMILES string of the molecule is COc1cc(Cl)cc(C=O)c1OCc1nccn1C. The highest BCUT2D eigenvalue weighted by molar-refractivity contribution is 6.31. The standard InChI is InChI=1S/C13H13ClN2O3/c1-16-4-3-15-12(16)8-19-13-9(7-17)5-10(14)6-11(13)18-2/h3-7H,8H2,1-2H3. The third kappa shape index (κ3) is 2.88. The van der Waals surface area contributed by atoms with Gasteiger partial charge in [0.25, 0.3) is 0 Å².